The Bertz CT molecular complexity index is 1510. The van der Waals surface area contributed by atoms with Gasteiger partial charge in [-0.3, -0.25) is 9.59 Å². The molecule has 1 aliphatic rings. The van der Waals surface area contributed by atoms with Crippen LogP contribution in [0.4, 0.5) is 14.6 Å². The summed E-state index contributed by atoms with van der Waals surface area (Å²) in [7, 11) is 0. The van der Waals surface area contributed by atoms with Crippen LogP contribution in [0.1, 0.15) is 40.1 Å². The van der Waals surface area contributed by atoms with Gasteiger partial charge in [0.05, 0.1) is 18.8 Å². The number of aryl methyl sites for hydroxylation is 1. The zero-order valence-corrected chi connectivity index (χ0v) is 21.1. The van der Waals surface area contributed by atoms with E-state index in [1.807, 2.05) is 0 Å². The Morgan fingerprint density at radius 1 is 1.03 bits per heavy atom. The Morgan fingerprint density at radius 2 is 1.79 bits per heavy atom. The first-order chi connectivity index (χ1) is 18.9. The lowest BCUT2D eigenvalue weighted by atomic mass is 9.99. The van der Waals surface area contributed by atoms with Crippen LogP contribution in [0.25, 0.3) is 28.2 Å². The molecule has 1 fully saturated rings. The number of amides is 1. The molecular weight excluding hydrogens is 504 g/mol. The first-order valence-corrected chi connectivity index (χ1v) is 12.6. The number of carbonyl (C=O) groups is 2. The Morgan fingerprint density at radius 3 is 2.49 bits per heavy atom. The second kappa shape index (κ2) is 11.6. The zero-order chi connectivity index (χ0) is 27.4. The Kier molecular flexibility index (Phi) is 7.79. The standard InChI is InChI=1S/C30H27F2N3O4/c31-29(32)26-17-22(20-3-5-21(6-4-20)30(37)35-11-13-38-14-12-35)15-23-16-25(39-28(23)26)9-8-24(36)7-1-19-2-10-27(33)34-18-19/h1-7,10,15-18,29H,8-9,11-14H2,(H2,33,34)/b7-1+. The van der Waals surface area contributed by atoms with Crippen LogP contribution in [0.3, 0.4) is 0 Å². The monoisotopic (exact) mass is 531 g/mol. The number of ketones is 1. The van der Waals surface area contributed by atoms with E-state index < -0.39 is 6.43 Å². The minimum absolute atomic E-state index is 0.0810. The van der Waals surface area contributed by atoms with Gasteiger partial charge in [-0.05, 0) is 71.3 Å². The maximum Gasteiger partial charge on any atom is 0.267 e. The summed E-state index contributed by atoms with van der Waals surface area (Å²) in [5.41, 5.74) is 8.03. The number of nitrogens with zero attached hydrogens (tertiary/aromatic N) is 2. The number of fused-ring (bicyclic) bond motifs is 1. The van der Waals surface area contributed by atoms with Crippen molar-refractivity contribution in [1.82, 2.24) is 9.88 Å². The van der Waals surface area contributed by atoms with Crippen LogP contribution >= 0.6 is 0 Å². The smallest absolute Gasteiger partial charge is 0.267 e. The molecule has 4 aromatic rings. The van der Waals surface area contributed by atoms with E-state index in [9.17, 15) is 18.4 Å². The van der Waals surface area contributed by atoms with Gasteiger partial charge >= 0.3 is 0 Å². The minimum atomic E-state index is -2.74. The van der Waals surface area contributed by atoms with Gasteiger partial charge in [-0.1, -0.05) is 12.1 Å². The lowest BCUT2D eigenvalue weighted by Crippen LogP contribution is -2.40. The van der Waals surface area contributed by atoms with Crippen molar-refractivity contribution in [3.8, 4) is 11.1 Å². The van der Waals surface area contributed by atoms with Crippen molar-refractivity contribution >= 4 is 34.6 Å². The van der Waals surface area contributed by atoms with Crippen LogP contribution in [0, 0.1) is 0 Å². The number of benzene rings is 2. The summed E-state index contributed by atoms with van der Waals surface area (Å²) < 4.78 is 39.0. The van der Waals surface area contributed by atoms with Gasteiger partial charge in [-0.25, -0.2) is 13.8 Å². The summed E-state index contributed by atoms with van der Waals surface area (Å²) >= 11 is 0. The molecule has 0 atom stereocenters. The normalized spacial score (nSPS) is 14.0. The molecule has 2 aromatic carbocycles. The summed E-state index contributed by atoms with van der Waals surface area (Å²) in [5, 5.41) is 0.530. The summed E-state index contributed by atoms with van der Waals surface area (Å²) in [5.74, 6) is 0.633. The highest BCUT2D eigenvalue weighted by atomic mass is 19.3. The number of rotatable bonds is 8. The van der Waals surface area contributed by atoms with Crippen LogP contribution in [0.5, 0.6) is 0 Å². The van der Waals surface area contributed by atoms with Gasteiger partial charge in [0.2, 0.25) is 0 Å². The highest BCUT2D eigenvalue weighted by Crippen LogP contribution is 2.35. The number of ether oxygens (including phenoxy) is 1. The first kappa shape index (κ1) is 26.2. The summed E-state index contributed by atoms with van der Waals surface area (Å²) in [4.78, 5) is 30.8. The number of aromatic nitrogens is 1. The predicted molar refractivity (Wildman–Crippen MR) is 144 cm³/mol. The number of hydrogen-bond acceptors (Lipinski definition) is 6. The number of hydrogen-bond donors (Lipinski definition) is 1. The van der Waals surface area contributed by atoms with Crippen LogP contribution in [-0.4, -0.2) is 47.9 Å². The van der Waals surface area contributed by atoms with Crippen molar-refractivity contribution in [3.05, 3.63) is 89.3 Å². The van der Waals surface area contributed by atoms with Gasteiger partial charge in [-0.2, -0.15) is 0 Å². The van der Waals surface area contributed by atoms with Crippen molar-refractivity contribution in [2.75, 3.05) is 32.0 Å². The van der Waals surface area contributed by atoms with Crippen molar-refractivity contribution in [2.24, 2.45) is 0 Å². The van der Waals surface area contributed by atoms with Gasteiger partial charge in [0.15, 0.2) is 5.78 Å². The SMILES string of the molecule is Nc1ccc(/C=C/C(=O)CCc2cc3cc(-c4ccc(C(=O)N5CCOCC5)cc4)cc(C(F)F)c3o2)cn1. The number of allylic oxidation sites excluding steroid dienone is 1. The number of alkyl halides is 2. The second-order valence-electron chi connectivity index (χ2n) is 9.30. The van der Waals surface area contributed by atoms with E-state index >= 15 is 0 Å². The Labute approximate surface area is 223 Å². The maximum atomic E-state index is 14.0. The second-order valence-corrected chi connectivity index (χ2v) is 9.30. The molecule has 9 heteroatoms. The lowest BCUT2D eigenvalue weighted by molar-refractivity contribution is -0.114. The quantitative estimate of drug-likeness (QED) is 0.293. The number of carbonyl (C=O) groups excluding carboxylic acids is 2. The number of halogens is 2. The summed E-state index contributed by atoms with van der Waals surface area (Å²) in [6.07, 6.45) is 2.35. The summed E-state index contributed by atoms with van der Waals surface area (Å²) in [6, 6.07) is 15.2. The van der Waals surface area contributed by atoms with Gasteiger partial charge in [0.1, 0.15) is 17.2 Å². The average Bonchev–Trinajstić information content (AvgIpc) is 3.38. The lowest BCUT2D eigenvalue weighted by Gasteiger charge is -2.26. The third kappa shape index (κ3) is 6.21. The van der Waals surface area contributed by atoms with Gasteiger partial charge in [0.25, 0.3) is 12.3 Å². The van der Waals surface area contributed by atoms with Crippen LogP contribution in [-0.2, 0) is 16.0 Å². The predicted octanol–water partition coefficient (Wildman–Crippen LogP) is 5.70. The molecule has 1 aliphatic heterocycles. The van der Waals surface area contributed by atoms with Gasteiger partial charge in [0, 0.05) is 43.1 Å². The third-order valence-electron chi connectivity index (χ3n) is 6.58. The highest BCUT2D eigenvalue weighted by molar-refractivity contribution is 5.95. The van der Waals surface area contributed by atoms with E-state index in [0.29, 0.717) is 60.0 Å². The molecule has 5 rings (SSSR count). The fraction of sp³-hybridized carbons (Fsp3) is 0.233. The van der Waals surface area contributed by atoms with Crippen LogP contribution < -0.4 is 5.73 Å². The van der Waals surface area contributed by atoms with E-state index in [2.05, 4.69) is 4.98 Å². The van der Waals surface area contributed by atoms with E-state index in [1.54, 1.807) is 65.7 Å². The van der Waals surface area contributed by atoms with E-state index in [0.717, 1.165) is 5.56 Å². The molecule has 2 N–H and O–H groups in total. The van der Waals surface area contributed by atoms with Gasteiger partial charge in [-0.15, -0.1) is 0 Å². The Balaban J connectivity index is 1.32. The molecule has 0 spiro atoms. The van der Waals surface area contributed by atoms with Gasteiger partial charge < -0.3 is 19.8 Å². The Hall–Kier alpha value is -4.37. The molecule has 0 saturated carbocycles. The molecule has 1 amide bonds. The maximum absolute atomic E-state index is 14.0. The molecular formula is C30H27F2N3O4. The third-order valence-corrected chi connectivity index (χ3v) is 6.58. The molecule has 0 bridgehead atoms. The zero-order valence-electron chi connectivity index (χ0n) is 21.1. The number of morpholine rings is 1. The largest absolute Gasteiger partial charge is 0.461 e. The summed E-state index contributed by atoms with van der Waals surface area (Å²) in [6.45, 7) is 2.11. The first-order valence-electron chi connectivity index (χ1n) is 12.6. The fourth-order valence-electron chi connectivity index (χ4n) is 4.47. The molecule has 0 unspecified atom stereocenters. The average molecular weight is 532 g/mol. The van der Waals surface area contributed by atoms with E-state index in [4.69, 9.17) is 14.9 Å². The van der Waals surface area contributed by atoms with E-state index in [1.165, 1.54) is 12.1 Å². The molecule has 3 heterocycles. The van der Waals surface area contributed by atoms with Crippen LogP contribution in [0.15, 0.2) is 71.3 Å². The number of anilines is 1. The van der Waals surface area contributed by atoms with Crippen molar-refractivity contribution < 1.29 is 27.5 Å². The number of nitrogens with two attached hydrogens (primary N) is 1. The minimum Gasteiger partial charge on any atom is -0.461 e. The van der Waals surface area contributed by atoms with Crippen molar-refractivity contribution in [2.45, 2.75) is 19.3 Å². The molecule has 2 aromatic heterocycles. The number of furan rings is 1. The topological polar surface area (TPSA) is 98.7 Å². The molecule has 7 nitrogen and oxygen atoms in total. The fourth-order valence-corrected chi connectivity index (χ4v) is 4.47. The van der Waals surface area contributed by atoms with Crippen LogP contribution in [0.2, 0.25) is 0 Å². The molecule has 39 heavy (non-hydrogen) atoms. The van der Waals surface area contributed by atoms with E-state index in [-0.39, 0.29) is 35.7 Å². The molecule has 0 aliphatic carbocycles. The van der Waals surface area contributed by atoms with Crippen molar-refractivity contribution in [1.29, 1.82) is 0 Å². The van der Waals surface area contributed by atoms with Crippen molar-refractivity contribution in [3.63, 3.8) is 0 Å². The highest BCUT2D eigenvalue weighted by Gasteiger charge is 2.20. The molecule has 1 saturated heterocycles. The molecule has 200 valence electrons. The molecule has 0 radical (unpaired) electrons. The number of pyridine rings is 1. The number of nitrogen functional groups attached to an aromatic ring is 1.